The standard InChI is InChI=1S/C29H29F3N6O2/c1-37-8-2-3-18(37)14-40-29-35-27-21(28(36-29)38-13-16-5-6-17(38)11-33-16)12-34-26(25(27)32)20-10-19(39)9-15-4-7-22(30)24(31)23(15)20/h4,7,9-10,12,16-18,33,39H,2-3,5-6,8,11,13-14H2,1H3/t16?,17?,18-/m0/s1/i1D3,14D2. The largest absolute Gasteiger partial charge is 0.508 e. The van der Waals surface area contributed by atoms with E-state index in [0.29, 0.717) is 19.5 Å². The van der Waals surface area contributed by atoms with Gasteiger partial charge in [-0.25, -0.2) is 13.2 Å². The van der Waals surface area contributed by atoms with Crippen LogP contribution in [0.3, 0.4) is 0 Å². The normalized spacial score (nSPS) is 25.5. The third-order valence-corrected chi connectivity index (χ3v) is 8.05. The van der Waals surface area contributed by atoms with Gasteiger partial charge in [0.1, 0.15) is 29.3 Å². The molecule has 0 amide bonds. The lowest BCUT2D eigenvalue weighted by Crippen LogP contribution is -2.61. The van der Waals surface area contributed by atoms with Gasteiger partial charge in [-0.2, -0.15) is 9.97 Å². The van der Waals surface area contributed by atoms with E-state index in [0.717, 1.165) is 29.9 Å². The summed E-state index contributed by atoms with van der Waals surface area (Å²) in [4.78, 5) is 16.1. The second-order valence-electron chi connectivity index (χ2n) is 10.5. The van der Waals surface area contributed by atoms with Gasteiger partial charge in [-0.05, 0) is 62.8 Å². The Kier molecular flexibility index (Phi) is 4.92. The Balaban J connectivity index is 1.40. The van der Waals surface area contributed by atoms with E-state index < -0.39 is 48.7 Å². The number of phenolic OH excluding ortho intramolecular Hbond substituents is 1. The number of aromatic nitrogens is 3. The summed E-state index contributed by atoms with van der Waals surface area (Å²) in [6, 6.07) is 2.96. The highest BCUT2D eigenvalue weighted by atomic mass is 19.2. The second kappa shape index (κ2) is 9.74. The molecule has 0 radical (unpaired) electrons. The van der Waals surface area contributed by atoms with Crippen molar-refractivity contribution in [3.63, 3.8) is 0 Å². The fourth-order valence-corrected chi connectivity index (χ4v) is 6.02. The number of aromatic hydroxyl groups is 1. The van der Waals surface area contributed by atoms with Crippen LogP contribution in [0.25, 0.3) is 32.9 Å². The van der Waals surface area contributed by atoms with Crippen LogP contribution in [0.5, 0.6) is 11.8 Å². The number of nitrogens with zero attached hydrogens (tertiary/aromatic N) is 5. The summed E-state index contributed by atoms with van der Waals surface area (Å²) < 4.78 is 92.6. The van der Waals surface area contributed by atoms with Crippen LogP contribution in [0.15, 0.2) is 30.5 Å². The number of anilines is 1. The Bertz CT molecular complexity index is 1820. The summed E-state index contributed by atoms with van der Waals surface area (Å²) in [6.07, 6.45) is 3.74. The molecule has 0 aliphatic carbocycles. The summed E-state index contributed by atoms with van der Waals surface area (Å²) in [5.74, 6) is -3.50. The topological polar surface area (TPSA) is 86.6 Å². The van der Waals surface area contributed by atoms with Gasteiger partial charge < -0.3 is 25.0 Å². The number of piperidine rings is 2. The van der Waals surface area contributed by atoms with Crippen molar-refractivity contribution < 1.29 is 29.9 Å². The number of benzene rings is 2. The van der Waals surface area contributed by atoms with Gasteiger partial charge in [0.2, 0.25) is 0 Å². The maximum atomic E-state index is 16.6. The number of ether oxygens (including phenoxy) is 1. The third kappa shape index (κ3) is 4.19. The molecular weight excluding hydrogens is 521 g/mol. The molecule has 0 spiro atoms. The molecule has 4 aromatic rings. The maximum Gasteiger partial charge on any atom is 0.319 e. The number of likely N-dealkylation sites (N-methyl/N-ethyl adjacent to an activating group) is 1. The highest BCUT2D eigenvalue weighted by Gasteiger charge is 2.36. The molecule has 0 saturated carbocycles. The Morgan fingerprint density at radius 2 is 2.08 bits per heavy atom. The first-order valence-corrected chi connectivity index (χ1v) is 13.2. The summed E-state index contributed by atoms with van der Waals surface area (Å²) >= 11 is 0. The summed E-state index contributed by atoms with van der Waals surface area (Å²) in [7, 11) is 0. The molecule has 4 saturated heterocycles. The smallest absolute Gasteiger partial charge is 0.319 e. The molecule has 2 bridgehead atoms. The minimum atomic E-state index is -2.56. The molecule has 40 heavy (non-hydrogen) atoms. The number of phenols is 1. The van der Waals surface area contributed by atoms with Crippen LogP contribution in [0.2, 0.25) is 0 Å². The van der Waals surface area contributed by atoms with E-state index in [1.807, 2.05) is 4.90 Å². The van der Waals surface area contributed by atoms with Crippen LogP contribution < -0.4 is 15.0 Å². The molecule has 8 rings (SSSR count). The molecule has 4 aliphatic rings. The first-order chi connectivity index (χ1) is 21.3. The number of likely N-dealkylation sites (tertiary alicyclic amines) is 1. The number of hydrogen-bond donors (Lipinski definition) is 2. The van der Waals surface area contributed by atoms with Crippen LogP contribution >= 0.6 is 0 Å². The van der Waals surface area contributed by atoms with Crippen molar-refractivity contribution in [3.8, 4) is 23.0 Å². The SMILES string of the molecule is [2H]C([2H])(Oc1nc(N2CC3CCC2CN3)c2cnc(-c3cc(O)cc4ccc(F)c(F)c34)c(F)c2n1)[C@@H]1CCCN1C([2H])([2H])[2H]. The summed E-state index contributed by atoms with van der Waals surface area (Å²) in [5.41, 5.74) is -0.935. The molecule has 3 atom stereocenters. The number of nitrogens with one attached hydrogen (secondary N) is 1. The van der Waals surface area contributed by atoms with Gasteiger partial charge in [0, 0.05) is 52.5 Å². The minimum absolute atomic E-state index is 0.00610. The zero-order valence-corrected chi connectivity index (χ0v) is 21.3. The highest BCUT2D eigenvalue weighted by Crippen LogP contribution is 2.39. The Hall–Kier alpha value is -3.70. The second-order valence-corrected chi connectivity index (χ2v) is 10.5. The van der Waals surface area contributed by atoms with E-state index in [4.69, 9.17) is 11.6 Å². The Labute approximate surface area is 235 Å². The van der Waals surface area contributed by atoms with Crippen LogP contribution in [0.1, 0.15) is 32.5 Å². The third-order valence-electron chi connectivity index (χ3n) is 8.05. The number of piperazine rings is 1. The molecule has 2 unspecified atom stereocenters. The van der Waals surface area contributed by atoms with Gasteiger partial charge >= 0.3 is 6.01 Å². The number of rotatable bonds is 5. The van der Waals surface area contributed by atoms with Gasteiger partial charge in [0.25, 0.3) is 0 Å². The molecule has 6 heterocycles. The maximum absolute atomic E-state index is 16.6. The van der Waals surface area contributed by atoms with Gasteiger partial charge in [-0.1, -0.05) is 6.07 Å². The lowest BCUT2D eigenvalue weighted by Gasteiger charge is -2.46. The molecule has 2 aromatic carbocycles. The van der Waals surface area contributed by atoms with E-state index >= 15 is 8.78 Å². The predicted molar refractivity (Wildman–Crippen MR) is 145 cm³/mol. The molecule has 4 fully saturated rings. The van der Waals surface area contributed by atoms with E-state index in [1.54, 1.807) is 0 Å². The van der Waals surface area contributed by atoms with Crippen molar-refractivity contribution in [2.75, 3.05) is 38.1 Å². The molecular formula is C29H29F3N6O2. The van der Waals surface area contributed by atoms with E-state index in [9.17, 15) is 9.50 Å². The summed E-state index contributed by atoms with van der Waals surface area (Å²) in [6.45, 7) is -3.79. The van der Waals surface area contributed by atoms with Crippen molar-refractivity contribution in [2.45, 2.75) is 43.8 Å². The van der Waals surface area contributed by atoms with Crippen LogP contribution in [-0.4, -0.2) is 76.3 Å². The van der Waals surface area contributed by atoms with Gasteiger partial charge in [0.05, 0.1) is 8.13 Å². The van der Waals surface area contributed by atoms with Crippen molar-refractivity contribution in [1.82, 2.24) is 25.2 Å². The zero-order chi connectivity index (χ0) is 31.8. The van der Waals surface area contributed by atoms with Gasteiger partial charge in [-0.3, -0.25) is 4.98 Å². The van der Waals surface area contributed by atoms with E-state index in [2.05, 4.69) is 20.3 Å². The van der Waals surface area contributed by atoms with E-state index in [1.165, 1.54) is 18.3 Å². The molecule has 2 N–H and O–H groups in total. The molecule has 11 heteroatoms. The highest BCUT2D eigenvalue weighted by molar-refractivity contribution is 6.00. The molecule has 4 aliphatic heterocycles. The number of hydrogen-bond acceptors (Lipinski definition) is 8. The molecule has 2 aromatic heterocycles. The van der Waals surface area contributed by atoms with Crippen LogP contribution in [0.4, 0.5) is 19.0 Å². The minimum Gasteiger partial charge on any atom is -0.508 e. The van der Waals surface area contributed by atoms with Crippen molar-refractivity contribution in [3.05, 3.63) is 47.9 Å². The van der Waals surface area contributed by atoms with Gasteiger partial charge in [0.15, 0.2) is 17.5 Å². The Morgan fingerprint density at radius 1 is 1.18 bits per heavy atom. The summed E-state index contributed by atoms with van der Waals surface area (Å²) in [5, 5.41) is 13.8. The van der Waals surface area contributed by atoms with Crippen molar-refractivity contribution in [1.29, 1.82) is 0 Å². The monoisotopic (exact) mass is 555 g/mol. The lowest BCUT2D eigenvalue weighted by molar-refractivity contribution is 0.188. The predicted octanol–water partition coefficient (Wildman–Crippen LogP) is 4.38. The first kappa shape index (κ1) is 20.2. The van der Waals surface area contributed by atoms with Crippen LogP contribution in [0, 0.1) is 17.5 Å². The fourth-order valence-electron chi connectivity index (χ4n) is 6.02. The Morgan fingerprint density at radius 3 is 2.85 bits per heavy atom. The first-order valence-electron chi connectivity index (χ1n) is 15.7. The van der Waals surface area contributed by atoms with Crippen LogP contribution in [-0.2, 0) is 0 Å². The van der Waals surface area contributed by atoms with Crippen molar-refractivity contribution in [2.24, 2.45) is 0 Å². The average molecular weight is 556 g/mol. The van der Waals surface area contributed by atoms with E-state index in [-0.39, 0.29) is 63.9 Å². The number of fused-ring (bicyclic) bond motifs is 5. The fraction of sp³-hybridized carbons (Fsp3) is 0.414. The number of pyridine rings is 1. The average Bonchev–Trinajstić information content (AvgIpc) is 3.52. The number of halogens is 3. The lowest BCUT2D eigenvalue weighted by atomic mass is 9.93. The molecule has 8 nitrogen and oxygen atoms in total. The quantitative estimate of drug-likeness (QED) is 0.375. The van der Waals surface area contributed by atoms with Crippen molar-refractivity contribution >= 4 is 27.5 Å². The zero-order valence-electron chi connectivity index (χ0n) is 26.3. The van der Waals surface area contributed by atoms with Gasteiger partial charge in [-0.15, -0.1) is 0 Å². The molecule has 208 valence electrons.